The Bertz CT molecular complexity index is 219. The van der Waals surface area contributed by atoms with E-state index in [4.69, 9.17) is 15.2 Å². The number of nitrogens with zero attached hydrogens (tertiary/aromatic N) is 1. The molecule has 0 spiro atoms. The molecule has 94 valence electrons. The molecule has 2 unspecified atom stereocenters. The van der Waals surface area contributed by atoms with E-state index in [9.17, 15) is 0 Å². The second-order valence-electron chi connectivity index (χ2n) is 5.20. The largest absolute Gasteiger partial charge is 0.381 e. The molecule has 2 saturated heterocycles. The minimum absolute atomic E-state index is 0.157. The highest BCUT2D eigenvalue weighted by molar-refractivity contribution is 4.96. The summed E-state index contributed by atoms with van der Waals surface area (Å²) in [5.41, 5.74) is 6.18. The van der Waals surface area contributed by atoms with Crippen LogP contribution in [-0.4, -0.2) is 55.5 Å². The molecule has 2 aliphatic rings. The summed E-state index contributed by atoms with van der Waals surface area (Å²) >= 11 is 0. The third-order valence-electron chi connectivity index (χ3n) is 3.89. The lowest BCUT2D eigenvalue weighted by Gasteiger charge is -2.50. The van der Waals surface area contributed by atoms with E-state index in [0.29, 0.717) is 12.2 Å². The third-order valence-corrected chi connectivity index (χ3v) is 3.89. The van der Waals surface area contributed by atoms with Gasteiger partial charge in [-0.2, -0.15) is 0 Å². The minimum atomic E-state index is 0.157. The molecule has 2 N–H and O–H groups in total. The van der Waals surface area contributed by atoms with Gasteiger partial charge in [0.05, 0.1) is 12.2 Å². The van der Waals surface area contributed by atoms with E-state index in [-0.39, 0.29) is 5.54 Å². The number of ether oxygens (including phenoxy) is 2. The molecule has 0 aliphatic carbocycles. The van der Waals surface area contributed by atoms with E-state index in [1.165, 1.54) is 0 Å². The van der Waals surface area contributed by atoms with Gasteiger partial charge in [0.25, 0.3) is 0 Å². The van der Waals surface area contributed by atoms with Gasteiger partial charge in [0.1, 0.15) is 0 Å². The monoisotopic (exact) mass is 228 g/mol. The Morgan fingerprint density at radius 3 is 2.25 bits per heavy atom. The first-order valence-electron chi connectivity index (χ1n) is 6.34. The van der Waals surface area contributed by atoms with Crippen LogP contribution in [0.2, 0.25) is 0 Å². The van der Waals surface area contributed by atoms with Gasteiger partial charge in [-0.05, 0) is 26.7 Å². The quantitative estimate of drug-likeness (QED) is 0.752. The highest BCUT2D eigenvalue weighted by atomic mass is 16.5. The number of nitrogens with two attached hydrogens (primary N) is 1. The van der Waals surface area contributed by atoms with Gasteiger partial charge >= 0.3 is 0 Å². The predicted octanol–water partition coefficient (Wildman–Crippen LogP) is 0.604. The summed E-state index contributed by atoms with van der Waals surface area (Å²) in [5, 5.41) is 0. The molecule has 16 heavy (non-hydrogen) atoms. The Hall–Kier alpha value is -0.160. The Morgan fingerprint density at radius 1 is 1.19 bits per heavy atom. The molecule has 2 heterocycles. The molecule has 4 nitrogen and oxygen atoms in total. The zero-order valence-corrected chi connectivity index (χ0v) is 10.4. The third kappa shape index (κ3) is 2.40. The van der Waals surface area contributed by atoms with Gasteiger partial charge in [-0.25, -0.2) is 0 Å². The van der Waals surface area contributed by atoms with E-state index < -0.39 is 0 Å². The normalized spacial score (nSPS) is 36.2. The predicted molar refractivity (Wildman–Crippen MR) is 63.4 cm³/mol. The molecule has 2 fully saturated rings. The van der Waals surface area contributed by atoms with Gasteiger partial charge in [0, 0.05) is 38.4 Å². The van der Waals surface area contributed by atoms with Crippen LogP contribution in [0.4, 0.5) is 0 Å². The molecule has 0 amide bonds. The summed E-state index contributed by atoms with van der Waals surface area (Å²) in [6.07, 6.45) is 2.75. The van der Waals surface area contributed by atoms with E-state index in [1.807, 2.05) is 0 Å². The van der Waals surface area contributed by atoms with Crippen LogP contribution in [0.3, 0.4) is 0 Å². The van der Waals surface area contributed by atoms with Crippen molar-refractivity contribution in [3.05, 3.63) is 0 Å². The van der Waals surface area contributed by atoms with Gasteiger partial charge in [-0.1, -0.05) is 0 Å². The van der Waals surface area contributed by atoms with Crippen LogP contribution in [0, 0.1) is 0 Å². The van der Waals surface area contributed by atoms with Crippen molar-refractivity contribution in [2.45, 2.75) is 44.4 Å². The second-order valence-corrected chi connectivity index (χ2v) is 5.20. The van der Waals surface area contributed by atoms with Gasteiger partial charge in [-0.15, -0.1) is 0 Å². The summed E-state index contributed by atoms with van der Waals surface area (Å²) in [7, 11) is 0. The summed E-state index contributed by atoms with van der Waals surface area (Å²) in [6, 6.07) is 0. The minimum Gasteiger partial charge on any atom is -0.381 e. The molecule has 0 aromatic heterocycles. The highest BCUT2D eigenvalue weighted by Crippen LogP contribution is 2.29. The average Bonchev–Trinajstić information content (AvgIpc) is 2.28. The first-order chi connectivity index (χ1) is 7.66. The molecule has 0 aromatic rings. The lowest BCUT2D eigenvalue weighted by molar-refractivity contribution is -0.121. The molecule has 4 heteroatoms. The number of hydrogen-bond acceptors (Lipinski definition) is 4. The van der Waals surface area contributed by atoms with Crippen molar-refractivity contribution in [1.82, 2.24) is 4.90 Å². The lowest BCUT2D eigenvalue weighted by Crippen LogP contribution is -2.62. The van der Waals surface area contributed by atoms with Crippen molar-refractivity contribution >= 4 is 0 Å². The fourth-order valence-corrected chi connectivity index (χ4v) is 2.97. The van der Waals surface area contributed by atoms with Crippen LogP contribution in [0.5, 0.6) is 0 Å². The lowest BCUT2D eigenvalue weighted by atomic mass is 9.87. The number of morpholine rings is 1. The molecule has 2 rings (SSSR count). The van der Waals surface area contributed by atoms with Gasteiger partial charge < -0.3 is 15.2 Å². The van der Waals surface area contributed by atoms with E-state index in [1.54, 1.807) is 0 Å². The molecule has 0 bridgehead atoms. The summed E-state index contributed by atoms with van der Waals surface area (Å²) < 4.78 is 11.2. The van der Waals surface area contributed by atoms with Crippen molar-refractivity contribution < 1.29 is 9.47 Å². The van der Waals surface area contributed by atoms with Crippen molar-refractivity contribution in [1.29, 1.82) is 0 Å². The zero-order valence-electron chi connectivity index (χ0n) is 10.4. The van der Waals surface area contributed by atoms with Crippen LogP contribution >= 0.6 is 0 Å². The second kappa shape index (κ2) is 5.00. The molecular weight excluding hydrogens is 204 g/mol. The summed E-state index contributed by atoms with van der Waals surface area (Å²) in [4.78, 5) is 2.54. The van der Waals surface area contributed by atoms with Crippen molar-refractivity contribution in [2.75, 3.05) is 32.8 Å². The topological polar surface area (TPSA) is 47.7 Å². The molecule has 0 aromatic carbocycles. The Kier molecular flexibility index (Phi) is 3.85. The van der Waals surface area contributed by atoms with E-state index in [2.05, 4.69) is 18.7 Å². The van der Waals surface area contributed by atoms with E-state index in [0.717, 1.165) is 45.7 Å². The van der Waals surface area contributed by atoms with Crippen molar-refractivity contribution in [3.8, 4) is 0 Å². The van der Waals surface area contributed by atoms with Crippen LogP contribution in [0.1, 0.15) is 26.7 Å². The smallest absolute Gasteiger partial charge is 0.0678 e. The fourth-order valence-electron chi connectivity index (χ4n) is 2.97. The number of rotatable bonds is 2. The number of hydrogen-bond donors (Lipinski definition) is 1. The maximum absolute atomic E-state index is 6.02. The molecule has 2 atom stereocenters. The Balaban J connectivity index is 2.07. The van der Waals surface area contributed by atoms with Crippen LogP contribution in [0.25, 0.3) is 0 Å². The van der Waals surface area contributed by atoms with Crippen LogP contribution in [-0.2, 0) is 9.47 Å². The van der Waals surface area contributed by atoms with Crippen molar-refractivity contribution in [3.63, 3.8) is 0 Å². The molecule has 0 radical (unpaired) electrons. The Labute approximate surface area is 98.1 Å². The first kappa shape index (κ1) is 12.3. The maximum Gasteiger partial charge on any atom is 0.0678 e. The molecular formula is C12H24N2O2. The van der Waals surface area contributed by atoms with Gasteiger partial charge in [-0.3, -0.25) is 4.90 Å². The van der Waals surface area contributed by atoms with Crippen LogP contribution in [0.15, 0.2) is 0 Å². The first-order valence-corrected chi connectivity index (χ1v) is 6.34. The Morgan fingerprint density at radius 2 is 1.75 bits per heavy atom. The van der Waals surface area contributed by atoms with Crippen molar-refractivity contribution in [2.24, 2.45) is 5.73 Å². The SMILES string of the molecule is CC1CN(C2(CN)CCOCC2)CC(C)O1. The fraction of sp³-hybridized carbons (Fsp3) is 1.00. The van der Waals surface area contributed by atoms with Gasteiger partial charge in [0.2, 0.25) is 0 Å². The van der Waals surface area contributed by atoms with E-state index >= 15 is 0 Å². The summed E-state index contributed by atoms with van der Waals surface area (Å²) in [5.74, 6) is 0. The van der Waals surface area contributed by atoms with Crippen LogP contribution < -0.4 is 5.73 Å². The highest BCUT2D eigenvalue weighted by Gasteiger charge is 2.40. The molecule has 0 saturated carbocycles. The zero-order chi connectivity index (χ0) is 11.6. The molecule has 2 aliphatic heterocycles. The summed E-state index contributed by atoms with van der Waals surface area (Å²) in [6.45, 7) is 8.71. The average molecular weight is 228 g/mol. The standard InChI is InChI=1S/C12H24N2O2/c1-10-7-14(8-11(2)16-10)12(9-13)3-5-15-6-4-12/h10-11H,3-9,13H2,1-2H3. The maximum atomic E-state index is 6.02. The van der Waals surface area contributed by atoms with Gasteiger partial charge in [0.15, 0.2) is 0 Å².